The van der Waals surface area contributed by atoms with Crippen molar-refractivity contribution in [1.82, 2.24) is 4.90 Å². The number of hydrogen-bond acceptors (Lipinski definition) is 3. The van der Waals surface area contributed by atoms with Gasteiger partial charge in [-0.3, -0.25) is 14.9 Å². The molecule has 19 heavy (non-hydrogen) atoms. The SMILES string of the molecule is CCCN(CCCl)C(=O)c1cc(F)cc([N+](=O)[O-])c1. The zero-order valence-electron chi connectivity index (χ0n) is 10.4. The number of carbonyl (C=O) groups is 1. The maximum Gasteiger partial charge on any atom is 0.273 e. The Balaban J connectivity index is 3.06. The van der Waals surface area contributed by atoms with E-state index in [1.807, 2.05) is 6.92 Å². The van der Waals surface area contributed by atoms with Gasteiger partial charge in [-0.2, -0.15) is 0 Å². The van der Waals surface area contributed by atoms with Crippen molar-refractivity contribution >= 4 is 23.2 Å². The third-order valence-corrected chi connectivity index (χ3v) is 2.64. The lowest BCUT2D eigenvalue weighted by Gasteiger charge is -2.20. The molecule has 104 valence electrons. The number of amides is 1. The van der Waals surface area contributed by atoms with E-state index in [2.05, 4.69) is 0 Å². The molecule has 0 aliphatic rings. The summed E-state index contributed by atoms with van der Waals surface area (Å²) in [6, 6.07) is 2.84. The minimum Gasteiger partial charge on any atom is -0.337 e. The molecule has 0 aliphatic carbocycles. The molecule has 0 spiro atoms. The zero-order valence-corrected chi connectivity index (χ0v) is 11.2. The minimum absolute atomic E-state index is 0.0368. The average Bonchev–Trinajstić information content (AvgIpc) is 2.37. The van der Waals surface area contributed by atoms with E-state index in [4.69, 9.17) is 11.6 Å². The standard InChI is InChI=1S/C12H14ClFN2O3/c1-2-4-15(5-3-13)12(17)9-6-10(14)8-11(7-9)16(18)19/h6-8H,2-5H2,1H3. The van der Waals surface area contributed by atoms with Crippen LogP contribution in [0.15, 0.2) is 18.2 Å². The minimum atomic E-state index is -0.806. The Hall–Kier alpha value is -1.69. The summed E-state index contributed by atoms with van der Waals surface area (Å²) in [7, 11) is 0. The van der Waals surface area contributed by atoms with Crippen LogP contribution < -0.4 is 0 Å². The van der Waals surface area contributed by atoms with Gasteiger partial charge in [0, 0.05) is 30.6 Å². The summed E-state index contributed by atoms with van der Waals surface area (Å²) < 4.78 is 13.3. The lowest BCUT2D eigenvalue weighted by Crippen LogP contribution is -2.33. The highest BCUT2D eigenvalue weighted by Crippen LogP contribution is 2.18. The molecule has 0 radical (unpaired) electrons. The Kier molecular flexibility index (Phi) is 5.69. The van der Waals surface area contributed by atoms with E-state index in [-0.39, 0.29) is 11.4 Å². The van der Waals surface area contributed by atoms with Crippen LogP contribution in [0.25, 0.3) is 0 Å². The zero-order chi connectivity index (χ0) is 14.4. The number of nitro groups is 1. The molecule has 0 aliphatic heterocycles. The normalized spacial score (nSPS) is 10.3. The van der Waals surface area contributed by atoms with Gasteiger partial charge in [-0.25, -0.2) is 4.39 Å². The predicted octanol–water partition coefficient (Wildman–Crippen LogP) is 2.82. The third kappa shape index (κ3) is 4.17. The van der Waals surface area contributed by atoms with Gasteiger partial charge in [-0.05, 0) is 12.5 Å². The van der Waals surface area contributed by atoms with Crippen molar-refractivity contribution in [2.45, 2.75) is 13.3 Å². The van der Waals surface area contributed by atoms with Gasteiger partial charge in [0.1, 0.15) is 5.82 Å². The van der Waals surface area contributed by atoms with Gasteiger partial charge < -0.3 is 4.90 Å². The Morgan fingerprint density at radius 2 is 2.11 bits per heavy atom. The molecule has 0 saturated carbocycles. The average molecular weight is 289 g/mol. The van der Waals surface area contributed by atoms with E-state index in [0.29, 0.717) is 13.1 Å². The highest BCUT2D eigenvalue weighted by atomic mass is 35.5. The van der Waals surface area contributed by atoms with E-state index in [1.165, 1.54) is 4.90 Å². The van der Waals surface area contributed by atoms with Gasteiger partial charge >= 0.3 is 0 Å². The predicted molar refractivity (Wildman–Crippen MR) is 70.0 cm³/mol. The van der Waals surface area contributed by atoms with Crippen LogP contribution >= 0.6 is 11.6 Å². The monoisotopic (exact) mass is 288 g/mol. The highest BCUT2D eigenvalue weighted by Gasteiger charge is 2.19. The van der Waals surface area contributed by atoms with Crippen molar-refractivity contribution in [3.63, 3.8) is 0 Å². The van der Waals surface area contributed by atoms with Gasteiger partial charge in [0.25, 0.3) is 11.6 Å². The van der Waals surface area contributed by atoms with E-state index in [9.17, 15) is 19.3 Å². The molecule has 0 N–H and O–H groups in total. The smallest absolute Gasteiger partial charge is 0.273 e. The summed E-state index contributed by atoms with van der Waals surface area (Å²) in [6.07, 6.45) is 0.722. The molecule has 0 saturated heterocycles. The van der Waals surface area contributed by atoms with Gasteiger partial charge in [0.15, 0.2) is 0 Å². The number of nitro benzene ring substituents is 1. The first-order chi connectivity index (χ1) is 8.99. The summed E-state index contributed by atoms with van der Waals surface area (Å²) in [5, 5.41) is 10.6. The Morgan fingerprint density at radius 1 is 1.42 bits per heavy atom. The number of rotatable bonds is 6. The van der Waals surface area contributed by atoms with E-state index in [0.717, 1.165) is 24.6 Å². The number of alkyl halides is 1. The summed E-state index contributed by atoms with van der Waals surface area (Å²) in [4.78, 5) is 23.5. The van der Waals surface area contributed by atoms with E-state index < -0.39 is 22.3 Å². The maximum absolute atomic E-state index is 13.3. The molecule has 1 aromatic rings. The number of nitrogens with zero attached hydrogens (tertiary/aromatic N) is 2. The molecular formula is C12H14ClFN2O3. The Bertz CT molecular complexity index is 476. The lowest BCUT2D eigenvalue weighted by atomic mass is 10.1. The lowest BCUT2D eigenvalue weighted by molar-refractivity contribution is -0.385. The largest absolute Gasteiger partial charge is 0.337 e. The summed E-state index contributed by atoms with van der Waals surface area (Å²) in [6.45, 7) is 2.68. The van der Waals surface area contributed by atoms with E-state index in [1.54, 1.807) is 0 Å². The van der Waals surface area contributed by atoms with Crippen LogP contribution in [0, 0.1) is 15.9 Å². The fourth-order valence-electron chi connectivity index (χ4n) is 1.67. The van der Waals surface area contributed by atoms with Crippen LogP contribution in [-0.2, 0) is 0 Å². The second kappa shape index (κ2) is 7.04. The van der Waals surface area contributed by atoms with Crippen molar-refractivity contribution in [2.24, 2.45) is 0 Å². The van der Waals surface area contributed by atoms with Crippen LogP contribution in [-0.4, -0.2) is 34.7 Å². The first kappa shape index (κ1) is 15.4. The summed E-state index contributed by atoms with van der Waals surface area (Å²) in [5.74, 6) is -1.01. The van der Waals surface area contributed by atoms with Crippen LogP contribution in [0.4, 0.5) is 10.1 Å². The third-order valence-electron chi connectivity index (χ3n) is 2.48. The van der Waals surface area contributed by atoms with Crippen molar-refractivity contribution in [1.29, 1.82) is 0 Å². The first-order valence-corrected chi connectivity index (χ1v) is 6.33. The molecule has 5 nitrogen and oxygen atoms in total. The van der Waals surface area contributed by atoms with Crippen molar-refractivity contribution in [3.05, 3.63) is 39.7 Å². The van der Waals surface area contributed by atoms with Crippen LogP contribution in [0.2, 0.25) is 0 Å². The fourth-order valence-corrected chi connectivity index (χ4v) is 1.88. The van der Waals surface area contributed by atoms with Crippen LogP contribution in [0.5, 0.6) is 0 Å². The number of carbonyl (C=O) groups excluding carboxylic acids is 1. The molecule has 0 atom stereocenters. The summed E-state index contributed by atoms with van der Waals surface area (Å²) in [5.41, 5.74) is -0.476. The molecule has 0 unspecified atom stereocenters. The van der Waals surface area contributed by atoms with Gasteiger partial charge in [0.05, 0.1) is 11.0 Å². The molecule has 0 bridgehead atoms. The molecule has 0 fully saturated rings. The van der Waals surface area contributed by atoms with Crippen LogP contribution in [0.3, 0.4) is 0 Å². The Labute approximate surface area is 115 Å². The molecular weight excluding hydrogens is 275 g/mol. The molecule has 7 heteroatoms. The van der Waals surface area contributed by atoms with Crippen molar-refractivity contribution in [3.8, 4) is 0 Å². The van der Waals surface area contributed by atoms with E-state index >= 15 is 0 Å². The van der Waals surface area contributed by atoms with Crippen molar-refractivity contribution in [2.75, 3.05) is 19.0 Å². The number of non-ortho nitro benzene ring substituents is 1. The number of halogens is 2. The molecule has 0 aromatic heterocycles. The first-order valence-electron chi connectivity index (χ1n) is 5.79. The fraction of sp³-hybridized carbons (Fsp3) is 0.417. The maximum atomic E-state index is 13.3. The van der Waals surface area contributed by atoms with Gasteiger partial charge in [-0.1, -0.05) is 6.92 Å². The molecule has 1 amide bonds. The highest BCUT2D eigenvalue weighted by molar-refractivity contribution is 6.18. The van der Waals surface area contributed by atoms with Gasteiger partial charge in [0.2, 0.25) is 0 Å². The number of benzene rings is 1. The van der Waals surface area contributed by atoms with Gasteiger partial charge in [-0.15, -0.1) is 11.6 Å². The second-order valence-corrected chi connectivity index (χ2v) is 4.31. The quantitative estimate of drug-likeness (QED) is 0.459. The second-order valence-electron chi connectivity index (χ2n) is 3.94. The topological polar surface area (TPSA) is 63.5 Å². The van der Waals surface area contributed by atoms with Crippen molar-refractivity contribution < 1.29 is 14.1 Å². The Morgan fingerprint density at radius 3 is 2.63 bits per heavy atom. The van der Waals surface area contributed by atoms with Crippen LogP contribution in [0.1, 0.15) is 23.7 Å². The summed E-state index contributed by atoms with van der Waals surface area (Å²) >= 11 is 5.60. The molecule has 0 heterocycles. The molecule has 1 rings (SSSR count). The molecule has 1 aromatic carbocycles. The number of hydrogen-bond donors (Lipinski definition) is 0.